The Hall–Kier alpha value is -1.71. The van der Waals surface area contributed by atoms with Crippen LogP contribution in [-0.2, 0) is 4.79 Å². The van der Waals surface area contributed by atoms with E-state index < -0.39 is 0 Å². The summed E-state index contributed by atoms with van der Waals surface area (Å²) in [5, 5.41) is 2.62. The molecule has 1 N–H and O–H groups in total. The van der Waals surface area contributed by atoms with Gasteiger partial charge in [0.15, 0.2) is 11.5 Å². The van der Waals surface area contributed by atoms with E-state index in [4.69, 9.17) is 9.47 Å². The van der Waals surface area contributed by atoms with E-state index in [1.54, 1.807) is 27.3 Å². The first kappa shape index (κ1) is 12.4. The number of carbonyl (C=O) groups excluding carboxylic acids is 1. The van der Waals surface area contributed by atoms with E-state index in [1.807, 2.05) is 19.1 Å². The quantitative estimate of drug-likeness (QED) is 0.842. The summed E-state index contributed by atoms with van der Waals surface area (Å²) in [6.45, 7) is 1.85. The van der Waals surface area contributed by atoms with Crippen LogP contribution >= 0.6 is 0 Å². The van der Waals surface area contributed by atoms with Gasteiger partial charge in [0, 0.05) is 7.05 Å². The first-order valence-electron chi connectivity index (χ1n) is 5.07. The van der Waals surface area contributed by atoms with Crippen molar-refractivity contribution in [3.8, 4) is 11.5 Å². The Balaban J connectivity index is 3.03. The van der Waals surface area contributed by atoms with Crippen molar-refractivity contribution in [1.82, 2.24) is 5.32 Å². The Kier molecular flexibility index (Phi) is 4.17. The zero-order valence-electron chi connectivity index (χ0n) is 10.0. The molecule has 0 aliphatic heterocycles. The Morgan fingerprint density at radius 2 is 1.88 bits per heavy atom. The third-order valence-electron chi connectivity index (χ3n) is 2.55. The highest BCUT2D eigenvalue weighted by Crippen LogP contribution is 2.30. The van der Waals surface area contributed by atoms with Crippen molar-refractivity contribution in [2.24, 2.45) is 0 Å². The van der Waals surface area contributed by atoms with E-state index in [9.17, 15) is 4.79 Å². The van der Waals surface area contributed by atoms with E-state index in [-0.39, 0.29) is 11.8 Å². The normalized spacial score (nSPS) is 11.8. The van der Waals surface area contributed by atoms with Gasteiger partial charge in [0.1, 0.15) is 0 Å². The average Bonchev–Trinajstić information content (AvgIpc) is 2.35. The van der Waals surface area contributed by atoms with E-state index in [2.05, 4.69) is 5.32 Å². The molecule has 1 aromatic rings. The third kappa shape index (κ3) is 2.45. The minimum absolute atomic E-state index is 0.0211. The first-order chi connectivity index (χ1) is 7.63. The Morgan fingerprint density at radius 3 is 2.38 bits per heavy atom. The summed E-state index contributed by atoms with van der Waals surface area (Å²) in [7, 11) is 4.78. The zero-order valence-corrected chi connectivity index (χ0v) is 10.0. The number of carbonyl (C=O) groups is 1. The van der Waals surface area contributed by atoms with Gasteiger partial charge in [-0.2, -0.15) is 0 Å². The molecule has 88 valence electrons. The smallest absolute Gasteiger partial charge is 0.227 e. The minimum Gasteiger partial charge on any atom is -0.493 e. The summed E-state index contributed by atoms with van der Waals surface area (Å²) in [5.41, 5.74) is 0.900. The molecular formula is C12H17NO3. The molecule has 0 heterocycles. The lowest BCUT2D eigenvalue weighted by Gasteiger charge is -2.13. The maximum Gasteiger partial charge on any atom is 0.227 e. The Labute approximate surface area is 95.6 Å². The molecule has 1 unspecified atom stereocenters. The predicted molar refractivity (Wildman–Crippen MR) is 62.0 cm³/mol. The molecule has 0 saturated heterocycles. The molecule has 0 aliphatic carbocycles. The second-order valence-electron chi connectivity index (χ2n) is 3.45. The third-order valence-corrected chi connectivity index (χ3v) is 2.55. The summed E-state index contributed by atoms with van der Waals surface area (Å²) in [6, 6.07) is 5.48. The van der Waals surface area contributed by atoms with Crippen LogP contribution in [0.2, 0.25) is 0 Å². The fourth-order valence-corrected chi connectivity index (χ4v) is 1.49. The van der Waals surface area contributed by atoms with Crippen molar-refractivity contribution < 1.29 is 14.3 Å². The monoisotopic (exact) mass is 223 g/mol. The molecule has 1 aromatic carbocycles. The lowest BCUT2D eigenvalue weighted by molar-refractivity contribution is -0.121. The highest BCUT2D eigenvalue weighted by molar-refractivity contribution is 5.83. The van der Waals surface area contributed by atoms with Crippen LogP contribution in [-0.4, -0.2) is 27.2 Å². The topological polar surface area (TPSA) is 47.6 Å². The second kappa shape index (κ2) is 5.39. The minimum atomic E-state index is -0.204. The number of amides is 1. The van der Waals surface area contributed by atoms with Gasteiger partial charge in [-0.1, -0.05) is 6.07 Å². The summed E-state index contributed by atoms with van der Waals surface area (Å²) < 4.78 is 10.3. The van der Waals surface area contributed by atoms with Crippen LogP contribution in [0.5, 0.6) is 11.5 Å². The number of methoxy groups -OCH3 is 2. The van der Waals surface area contributed by atoms with Gasteiger partial charge in [-0.25, -0.2) is 0 Å². The molecule has 0 spiro atoms. The fraction of sp³-hybridized carbons (Fsp3) is 0.417. The summed E-state index contributed by atoms with van der Waals surface area (Å²) in [5.74, 6) is 1.07. The molecule has 1 rings (SSSR count). The molecule has 0 aliphatic rings. The maximum atomic E-state index is 11.5. The summed E-state index contributed by atoms with van der Waals surface area (Å²) in [6.07, 6.45) is 0. The van der Waals surface area contributed by atoms with Crippen molar-refractivity contribution in [1.29, 1.82) is 0 Å². The van der Waals surface area contributed by atoms with Gasteiger partial charge in [0.2, 0.25) is 5.91 Å². The van der Waals surface area contributed by atoms with Gasteiger partial charge in [-0.3, -0.25) is 4.79 Å². The molecule has 0 bridgehead atoms. The highest BCUT2D eigenvalue weighted by Gasteiger charge is 2.15. The van der Waals surface area contributed by atoms with Crippen molar-refractivity contribution in [3.63, 3.8) is 0 Å². The van der Waals surface area contributed by atoms with Gasteiger partial charge in [0.25, 0.3) is 0 Å². The van der Waals surface area contributed by atoms with Gasteiger partial charge in [-0.05, 0) is 24.6 Å². The van der Waals surface area contributed by atoms with Crippen LogP contribution < -0.4 is 14.8 Å². The molecule has 4 heteroatoms. The van der Waals surface area contributed by atoms with Crippen LogP contribution in [0.25, 0.3) is 0 Å². The highest BCUT2D eigenvalue weighted by atomic mass is 16.5. The maximum absolute atomic E-state index is 11.5. The van der Waals surface area contributed by atoms with Crippen molar-refractivity contribution >= 4 is 5.91 Å². The number of likely N-dealkylation sites (N-methyl/N-ethyl adjacent to an activating group) is 1. The van der Waals surface area contributed by atoms with Crippen LogP contribution in [0.4, 0.5) is 0 Å². The lowest BCUT2D eigenvalue weighted by atomic mass is 10.00. The fourth-order valence-electron chi connectivity index (χ4n) is 1.49. The van der Waals surface area contributed by atoms with Crippen molar-refractivity contribution in [2.75, 3.05) is 21.3 Å². The van der Waals surface area contributed by atoms with E-state index in [1.165, 1.54) is 0 Å². The SMILES string of the molecule is CNC(=O)C(C)c1ccc(OC)c(OC)c1. The number of ether oxygens (including phenoxy) is 2. The molecular weight excluding hydrogens is 206 g/mol. The van der Waals surface area contributed by atoms with Crippen LogP contribution in [0, 0.1) is 0 Å². The number of benzene rings is 1. The largest absolute Gasteiger partial charge is 0.493 e. The number of rotatable bonds is 4. The van der Waals surface area contributed by atoms with Crippen molar-refractivity contribution in [3.05, 3.63) is 23.8 Å². The molecule has 1 atom stereocenters. The Morgan fingerprint density at radius 1 is 1.25 bits per heavy atom. The predicted octanol–water partition coefficient (Wildman–Crippen LogP) is 1.55. The van der Waals surface area contributed by atoms with Crippen LogP contribution in [0.3, 0.4) is 0 Å². The molecule has 4 nitrogen and oxygen atoms in total. The lowest BCUT2D eigenvalue weighted by Crippen LogP contribution is -2.23. The second-order valence-corrected chi connectivity index (χ2v) is 3.45. The number of hydrogen-bond acceptors (Lipinski definition) is 3. The number of hydrogen-bond donors (Lipinski definition) is 1. The molecule has 0 saturated carbocycles. The summed E-state index contributed by atoms with van der Waals surface area (Å²) in [4.78, 5) is 11.5. The number of nitrogens with one attached hydrogen (secondary N) is 1. The molecule has 0 radical (unpaired) electrons. The standard InChI is InChI=1S/C12H17NO3/c1-8(12(14)13-2)9-5-6-10(15-3)11(7-9)16-4/h5-8H,1-4H3,(H,13,14). The molecule has 0 fully saturated rings. The van der Waals surface area contributed by atoms with E-state index in [0.717, 1.165) is 5.56 Å². The van der Waals surface area contributed by atoms with E-state index >= 15 is 0 Å². The van der Waals surface area contributed by atoms with Crippen LogP contribution in [0.15, 0.2) is 18.2 Å². The zero-order chi connectivity index (χ0) is 12.1. The summed E-state index contributed by atoms with van der Waals surface area (Å²) >= 11 is 0. The van der Waals surface area contributed by atoms with Gasteiger partial charge < -0.3 is 14.8 Å². The van der Waals surface area contributed by atoms with Gasteiger partial charge in [-0.15, -0.1) is 0 Å². The Bertz CT molecular complexity index is 377. The molecule has 1 amide bonds. The first-order valence-corrected chi connectivity index (χ1v) is 5.07. The molecule has 0 aromatic heterocycles. The van der Waals surface area contributed by atoms with Gasteiger partial charge in [0.05, 0.1) is 20.1 Å². The van der Waals surface area contributed by atoms with Gasteiger partial charge >= 0.3 is 0 Å². The van der Waals surface area contributed by atoms with Crippen LogP contribution in [0.1, 0.15) is 18.4 Å². The van der Waals surface area contributed by atoms with E-state index in [0.29, 0.717) is 11.5 Å². The van der Waals surface area contributed by atoms with Crippen molar-refractivity contribution in [2.45, 2.75) is 12.8 Å². The average molecular weight is 223 g/mol. The molecule has 16 heavy (non-hydrogen) atoms.